The minimum Gasteiger partial charge on any atom is -0.469 e. The molecule has 0 fully saturated rings. The summed E-state index contributed by atoms with van der Waals surface area (Å²) < 4.78 is 13.7. The van der Waals surface area contributed by atoms with E-state index in [0.717, 1.165) is 0 Å². The van der Waals surface area contributed by atoms with Crippen LogP contribution in [0.1, 0.15) is 13.3 Å². The Bertz CT molecular complexity index is 304. The zero-order valence-corrected chi connectivity index (χ0v) is 11.0. The van der Waals surface area contributed by atoms with Crippen molar-refractivity contribution in [1.82, 2.24) is 5.32 Å². The quantitative estimate of drug-likeness (QED) is 0.621. The number of rotatable bonds is 7. The molecule has 0 saturated carbocycles. The molecule has 2 atom stereocenters. The molecule has 0 rings (SSSR count). The Balaban J connectivity index is 4.54. The number of nitrogens with one attached hydrogen (secondary N) is 1. The van der Waals surface area contributed by atoms with Crippen molar-refractivity contribution in [2.24, 2.45) is 5.92 Å². The Hall–Kier alpha value is -1.63. The van der Waals surface area contributed by atoms with E-state index in [1.54, 1.807) is 6.92 Å². The predicted molar refractivity (Wildman–Crippen MR) is 61.6 cm³/mol. The lowest BCUT2D eigenvalue weighted by Crippen LogP contribution is -2.44. The molecule has 0 unspecified atom stereocenters. The van der Waals surface area contributed by atoms with Gasteiger partial charge in [0.05, 0.1) is 20.1 Å². The molecular formula is C11H19NO6. The Morgan fingerprint density at radius 1 is 1.06 bits per heavy atom. The van der Waals surface area contributed by atoms with Crippen LogP contribution in [0.3, 0.4) is 0 Å². The summed E-state index contributed by atoms with van der Waals surface area (Å²) >= 11 is 0. The monoisotopic (exact) mass is 261 g/mol. The first-order chi connectivity index (χ1) is 8.46. The van der Waals surface area contributed by atoms with Crippen molar-refractivity contribution >= 4 is 17.8 Å². The maximum absolute atomic E-state index is 11.5. The van der Waals surface area contributed by atoms with Gasteiger partial charge in [-0.1, -0.05) is 6.92 Å². The molecular weight excluding hydrogens is 242 g/mol. The van der Waals surface area contributed by atoms with Crippen molar-refractivity contribution in [3.63, 3.8) is 0 Å². The van der Waals surface area contributed by atoms with Crippen LogP contribution in [0, 0.1) is 5.92 Å². The lowest BCUT2D eigenvalue weighted by Gasteiger charge is -2.18. The molecule has 0 aromatic heterocycles. The van der Waals surface area contributed by atoms with Crippen LogP contribution in [0.2, 0.25) is 0 Å². The number of ether oxygens (including phenoxy) is 3. The molecule has 0 radical (unpaired) electrons. The standard InChI is InChI=1S/C11H19NO6/c1-7(10(14)17-3)5-8(11(15)18-4)12-9(13)6-16-2/h7-8H,5-6H2,1-4H3,(H,12,13)/t7-,8+/m1/s1. The summed E-state index contributed by atoms with van der Waals surface area (Å²) in [5.41, 5.74) is 0. The van der Waals surface area contributed by atoms with Gasteiger partial charge in [-0.25, -0.2) is 4.79 Å². The molecule has 0 aliphatic rings. The molecule has 0 bridgehead atoms. The normalized spacial score (nSPS) is 13.3. The number of esters is 2. The lowest BCUT2D eigenvalue weighted by molar-refractivity contribution is -0.149. The number of methoxy groups -OCH3 is 3. The van der Waals surface area contributed by atoms with E-state index in [4.69, 9.17) is 0 Å². The van der Waals surface area contributed by atoms with Gasteiger partial charge in [-0.2, -0.15) is 0 Å². The van der Waals surface area contributed by atoms with Crippen LogP contribution < -0.4 is 5.32 Å². The Kier molecular flexibility index (Phi) is 7.69. The fourth-order valence-electron chi connectivity index (χ4n) is 1.37. The van der Waals surface area contributed by atoms with Crippen molar-refractivity contribution in [3.05, 3.63) is 0 Å². The fraction of sp³-hybridized carbons (Fsp3) is 0.727. The highest BCUT2D eigenvalue weighted by molar-refractivity contribution is 5.85. The molecule has 18 heavy (non-hydrogen) atoms. The molecule has 0 spiro atoms. The number of amides is 1. The van der Waals surface area contributed by atoms with Crippen molar-refractivity contribution in [1.29, 1.82) is 0 Å². The number of hydrogen-bond acceptors (Lipinski definition) is 6. The molecule has 7 nitrogen and oxygen atoms in total. The molecule has 0 heterocycles. The van der Waals surface area contributed by atoms with Gasteiger partial charge in [0.15, 0.2) is 0 Å². The van der Waals surface area contributed by atoms with E-state index in [1.165, 1.54) is 21.3 Å². The summed E-state index contributed by atoms with van der Waals surface area (Å²) in [5, 5.41) is 2.43. The summed E-state index contributed by atoms with van der Waals surface area (Å²) in [6.07, 6.45) is 0.106. The maximum atomic E-state index is 11.5. The van der Waals surface area contributed by atoms with Gasteiger partial charge in [0.1, 0.15) is 12.6 Å². The molecule has 0 aromatic rings. The molecule has 104 valence electrons. The highest BCUT2D eigenvalue weighted by Crippen LogP contribution is 2.09. The molecule has 1 N–H and O–H groups in total. The van der Waals surface area contributed by atoms with Crippen LogP contribution in [-0.4, -0.2) is 51.8 Å². The fourth-order valence-corrected chi connectivity index (χ4v) is 1.37. The van der Waals surface area contributed by atoms with E-state index in [2.05, 4.69) is 19.5 Å². The van der Waals surface area contributed by atoms with E-state index in [1.807, 2.05) is 0 Å². The van der Waals surface area contributed by atoms with Crippen LogP contribution in [0.15, 0.2) is 0 Å². The molecule has 0 saturated heterocycles. The van der Waals surface area contributed by atoms with Gasteiger partial charge in [-0.3, -0.25) is 9.59 Å². The SMILES string of the molecule is COCC(=O)N[C@@H](C[C@@H](C)C(=O)OC)C(=O)OC. The molecule has 1 amide bonds. The maximum Gasteiger partial charge on any atom is 0.328 e. The van der Waals surface area contributed by atoms with Crippen molar-refractivity contribution in [2.45, 2.75) is 19.4 Å². The third kappa shape index (κ3) is 5.62. The van der Waals surface area contributed by atoms with Crippen LogP contribution in [-0.2, 0) is 28.6 Å². The highest BCUT2D eigenvalue weighted by Gasteiger charge is 2.27. The Morgan fingerprint density at radius 2 is 1.61 bits per heavy atom. The second kappa shape index (κ2) is 8.46. The van der Waals surface area contributed by atoms with Gasteiger partial charge in [0.2, 0.25) is 5.91 Å². The highest BCUT2D eigenvalue weighted by atomic mass is 16.5. The van der Waals surface area contributed by atoms with Gasteiger partial charge in [-0.05, 0) is 6.42 Å². The summed E-state index contributed by atoms with van der Waals surface area (Å²) in [6, 6.07) is -0.897. The average Bonchev–Trinajstić information content (AvgIpc) is 2.36. The largest absolute Gasteiger partial charge is 0.469 e. The molecule has 7 heteroatoms. The summed E-state index contributed by atoms with van der Waals surface area (Å²) in [7, 11) is 3.83. The van der Waals surface area contributed by atoms with Crippen molar-refractivity contribution in [3.8, 4) is 0 Å². The summed E-state index contributed by atoms with van der Waals surface area (Å²) in [5.74, 6) is -2.05. The second-order valence-electron chi connectivity index (χ2n) is 3.74. The first-order valence-electron chi connectivity index (χ1n) is 5.40. The number of carbonyl (C=O) groups excluding carboxylic acids is 3. The first-order valence-corrected chi connectivity index (χ1v) is 5.40. The molecule has 0 aliphatic carbocycles. The third-order valence-electron chi connectivity index (χ3n) is 2.29. The minimum atomic E-state index is -0.897. The van der Waals surface area contributed by atoms with Gasteiger partial charge >= 0.3 is 11.9 Å². The summed E-state index contributed by atoms with van der Waals surface area (Å²) in [6.45, 7) is 1.43. The zero-order valence-electron chi connectivity index (χ0n) is 11.0. The van der Waals surface area contributed by atoms with E-state index in [-0.39, 0.29) is 13.0 Å². The summed E-state index contributed by atoms with van der Waals surface area (Å²) in [4.78, 5) is 34.1. The minimum absolute atomic E-state index is 0.106. The van der Waals surface area contributed by atoms with Gasteiger partial charge in [0.25, 0.3) is 0 Å². The van der Waals surface area contributed by atoms with E-state index in [9.17, 15) is 14.4 Å². The van der Waals surface area contributed by atoms with E-state index >= 15 is 0 Å². The van der Waals surface area contributed by atoms with Crippen LogP contribution in [0.4, 0.5) is 0 Å². The van der Waals surface area contributed by atoms with Crippen LogP contribution in [0.5, 0.6) is 0 Å². The van der Waals surface area contributed by atoms with Gasteiger partial charge < -0.3 is 19.5 Å². The average molecular weight is 261 g/mol. The Morgan fingerprint density at radius 3 is 2.06 bits per heavy atom. The van der Waals surface area contributed by atoms with Crippen LogP contribution in [0.25, 0.3) is 0 Å². The van der Waals surface area contributed by atoms with Crippen molar-refractivity contribution in [2.75, 3.05) is 27.9 Å². The predicted octanol–water partition coefficient (Wildman–Crippen LogP) is -0.510. The lowest BCUT2D eigenvalue weighted by atomic mass is 10.0. The van der Waals surface area contributed by atoms with E-state index in [0.29, 0.717) is 0 Å². The third-order valence-corrected chi connectivity index (χ3v) is 2.29. The zero-order chi connectivity index (χ0) is 14.1. The molecule has 0 aliphatic heterocycles. The second-order valence-corrected chi connectivity index (χ2v) is 3.74. The van der Waals surface area contributed by atoms with Gasteiger partial charge in [0, 0.05) is 7.11 Å². The number of hydrogen-bond donors (Lipinski definition) is 1. The topological polar surface area (TPSA) is 90.9 Å². The number of carbonyl (C=O) groups is 3. The van der Waals surface area contributed by atoms with Crippen LogP contribution >= 0.6 is 0 Å². The van der Waals surface area contributed by atoms with Gasteiger partial charge in [-0.15, -0.1) is 0 Å². The first kappa shape index (κ1) is 16.4. The Labute approximate surface area is 106 Å². The van der Waals surface area contributed by atoms with E-state index < -0.39 is 29.8 Å². The van der Waals surface area contributed by atoms with Crippen molar-refractivity contribution < 1.29 is 28.6 Å². The smallest absolute Gasteiger partial charge is 0.328 e. The molecule has 0 aromatic carbocycles.